The normalized spacial score (nSPS) is 12.4. The number of rotatable bonds is 15. The van der Waals surface area contributed by atoms with Crippen LogP contribution in [0.5, 0.6) is 0 Å². The second-order valence-corrected chi connectivity index (χ2v) is 6.97. The predicted molar refractivity (Wildman–Crippen MR) is 97.0 cm³/mol. The molecule has 0 N–H and O–H groups in total. The number of nitrogens with zero attached hydrogens (tertiary/aromatic N) is 1. The van der Waals surface area contributed by atoms with Crippen molar-refractivity contribution < 1.29 is 0 Å². The summed E-state index contributed by atoms with van der Waals surface area (Å²) in [6, 6.07) is 0. The molecule has 0 unspecified atom stereocenters. The van der Waals surface area contributed by atoms with E-state index in [-0.39, 0.29) is 5.54 Å². The summed E-state index contributed by atoms with van der Waals surface area (Å²) < 4.78 is 0. The zero-order valence-corrected chi connectivity index (χ0v) is 15.3. The molecule has 0 heterocycles. The maximum Gasteiger partial charge on any atom is 0.0300 e. The molecule has 0 fully saturated rings. The molecule has 1 nitrogen and oxygen atoms in total. The lowest BCUT2D eigenvalue weighted by atomic mass is 9.96. The van der Waals surface area contributed by atoms with Crippen LogP contribution >= 0.6 is 0 Å². The van der Waals surface area contributed by atoms with Gasteiger partial charge >= 0.3 is 0 Å². The smallest absolute Gasteiger partial charge is 0.0300 e. The third-order valence-electron chi connectivity index (χ3n) is 4.06. The van der Waals surface area contributed by atoms with Gasteiger partial charge in [-0.2, -0.15) is 0 Å². The molecule has 1 radical (unpaired) electrons. The van der Waals surface area contributed by atoms with Crippen molar-refractivity contribution in [1.29, 1.82) is 0 Å². The lowest BCUT2D eigenvalue weighted by molar-refractivity contribution is 0.340. The molecule has 1 heteroatoms. The Morgan fingerprint density at radius 3 is 1.90 bits per heavy atom. The van der Waals surface area contributed by atoms with Gasteiger partial charge in [-0.25, -0.2) is 5.32 Å². The summed E-state index contributed by atoms with van der Waals surface area (Å²) in [5.41, 5.74) is 0.208. The fourth-order valence-electron chi connectivity index (χ4n) is 2.58. The number of hydrogen-bond donors (Lipinski definition) is 0. The molecular weight excluding hydrogens is 254 g/mol. The topological polar surface area (TPSA) is 14.1 Å². The molecule has 0 aromatic rings. The van der Waals surface area contributed by atoms with E-state index >= 15 is 0 Å². The summed E-state index contributed by atoms with van der Waals surface area (Å²) in [5.74, 6) is 0. The molecule has 0 spiro atoms. The minimum absolute atomic E-state index is 0.208. The van der Waals surface area contributed by atoms with Gasteiger partial charge in [-0.3, -0.25) is 0 Å². The summed E-state index contributed by atoms with van der Waals surface area (Å²) in [4.78, 5) is 0. The van der Waals surface area contributed by atoms with Crippen molar-refractivity contribution in [1.82, 2.24) is 5.32 Å². The molecule has 0 saturated heterocycles. The Hall–Kier alpha value is -0.300. The number of hydrogen-bond acceptors (Lipinski definition) is 0. The molecule has 21 heavy (non-hydrogen) atoms. The standard InChI is InChI=1S/C20H40N/c1-5-7-8-9-10-11-12-13-14-15-16-17-18-20(3,4)21-19-6-2/h9-10H,5-8,11-19H2,1-4H3. The predicted octanol–water partition coefficient (Wildman–Crippen LogP) is 6.65. The van der Waals surface area contributed by atoms with Crippen LogP contribution in [0.25, 0.3) is 0 Å². The molecule has 125 valence electrons. The lowest BCUT2D eigenvalue weighted by Gasteiger charge is -2.24. The summed E-state index contributed by atoms with van der Waals surface area (Å²) in [5, 5.41) is 4.76. The molecule has 0 bridgehead atoms. The van der Waals surface area contributed by atoms with Crippen molar-refractivity contribution >= 4 is 0 Å². The minimum Gasteiger partial charge on any atom is -0.236 e. The molecule has 0 amide bonds. The third-order valence-corrected chi connectivity index (χ3v) is 4.06. The van der Waals surface area contributed by atoms with Gasteiger partial charge in [0.1, 0.15) is 0 Å². The van der Waals surface area contributed by atoms with Gasteiger partial charge in [0.15, 0.2) is 0 Å². The van der Waals surface area contributed by atoms with E-state index < -0.39 is 0 Å². The van der Waals surface area contributed by atoms with E-state index in [9.17, 15) is 0 Å². The average Bonchev–Trinajstić information content (AvgIpc) is 2.46. The Labute approximate surface area is 135 Å². The van der Waals surface area contributed by atoms with E-state index in [1.807, 2.05) is 0 Å². The number of allylic oxidation sites excluding steroid dienone is 2. The fourth-order valence-corrected chi connectivity index (χ4v) is 2.58. The first kappa shape index (κ1) is 20.7. The molecule has 0 atom stereocenters. The van der Waals surface area contributed by atoms with Crippen LogP contribution in [0, 0.1) is 0 Å². The molecule has 0 aliphatic heterocycles. The molecule has 0 aliphatic rings. The largest absolute Gasteiger partial charge is 0.236 e. The summed E-state index contributed by atoms with van der Waals surface area (Å²) >= 11 is 0. The first-order chi connectivity index (χ1) is 10.1. The maximum atomic E-state index is 4.76. The van der Waals surface area contributed by atoms with Gasteiger partial charge in [-0.1, -0.05) is 70.9 Å². The van der Waals surface area contributed by atoms with Gasteiger partial charge in [-0.05, 0) is 46.0 Å². The number of unbranched alkanes of at least 4 members (excludes halogenated alkanes) is 8. The maximum absolute atomic E-state index is 4.76. The van der Waals surface area contributed by atoms with E-state index in [2.05, 4.69) is 39.8 Å². The third kappa shape index (κ3) is 15.9. The summed E-state index contributed by atoms with van der Waals surface area (Å²) in [7, 11) is 0. The second kappa shape index (κ2) is 14.6. The van der Waals surface area contributed by atoms with Crippen molar-refractivity contribution in [3.63, 3.8) is 0 Å². The highest BCUT2D eigenvalue weighted by molar-refractivity contribution is 4.81. The molecule has 0 aliphatic carbocycles. The Balaban J connectivity index is 3.27. The average molecular weight is 295 g/mol. The van der Waals surface area contributed by atoms with Gasteiger partial charge in [0.05, 0.1) is 0 Å². The zero-order chi connectivity index (χ0) is 15.8. The first-order valence-corrected chi connectivity index (χ1v) is 9.46. The van der Waals surface area contributed by atoms with Crippen LogP contribution in [0.2, 0.25) is 0 Å². The van der Waals surface area contributed by atoms with Crippen molar-refractivity contribution in [2.24, 2.45) is 0 Å². The molecular formula is C20H40N. The van der Waals surface area contributed by atoms with E-state index in [1.54, 1.807) is 0 Å². The minimum atomic E-state index is 0.208. The monoisotopic (exact) mass is 294 g/mol. The van der Waals surface area contributed by atoms with Crippen LogP contribution in [0.15, 0.2) is 12.2 Å². The summed E-state index contributed by atoms with van der Waals surface area (Å²) in [6.07, 6.45) is 20.7. The molecule has 0 saturated carbocycles. The van der Waals surface area contributed by atoms with Crippen LogP contribution in [0.3, 0.4) is 0 Å². The highest BCUT2D eigenvalue weighted by Gasteiger charge is 2.16. The van der Waals surface area contributed by atoms with Crippen LogP contribution in [0.1, 0.15) is 105 Å². The Morgan fingerprint density at radius 1 is 0.714 bits per heavy atom. The van der Waals surface area contributed by atoms with Gasteiger partial charge in [0, 0.05) is 12.1 Å². The first-order valence-electron chi connectivity index (χ1n) is 9.46. The van der Waals surface area contributed by atoms with Gasteiger partial charge in [-0.15, -0.1) is 0 Å². The Morgan fingerprint density at radius 2 is 1.29 bits per heavy atom. The molecule has 0 rings (SSSR count). The molecule has 0 aromatic carbocycles. The second-order valence-electron chi connectivity index (χ2n) is 6.97. The Bertz CT molecular complexity index is 230. The SMILES string of the molecule is CCCCC=CCCCCCCCCC(C)(C)[N]CCC. The van der Waals surface area contributed by atoms with Crippen molar-refractivity contribution in [2.75, 3.05) is 6.54 Å². The molecule has 0 aromatic heterocycles. The van der Waals surface area contributed by atoms with Crippen LogP contribution in [-0.2, 0) is 0 Å². The lowest BCUT2D eigenvalue weighted by Crippen LogP contribution is -2.33. The van der Waals surface area contributed by atoms with Crippen LogP contribution in [-0.4, -0.2) is 12.1 Å². The van der Waals surface area contributed by atoms with E-state index in [4.69, 9.17) is 5.32 Å². The van der Waals surface area contributed by atoms with E-state index in [0.717, 1.165) is 6.54 Å². The van der Waals surface area contributed by atoms with E-state index in [1.165, 1.54) is 77.0 Å². The van der Waals surface area contributed by atoms with Crippen molar-refractivity contribution in [2.45, 2.75) is 110 Å². The van der Waals surface area contributed by atoms with Gasteiger partial charge in [0.2, 0.25) is 0 Å². The van der Waals surface area contributed by atoms with Crippen molar-refractivity contribution in [3.8, 4) is 0 Å². The van der Waals surface area contributed by atoms with E-state index in [0.29, 0.717) is 0 Å². The van der Waals surface area contributed by atoms with Gasteiger partial charge < -0.3 is 0 Å². The van der Waals surface area contributed by atoms with Crippen LogP contribution in [0.4, 0.5) is 0 Å². The zero-order valence-electron chi connectivity index (χ0n) is 15.3. The van der Waals surface area contributed by atoms with Crippen molar-refractivity contribution in [3.05, 3.63) is 12.2 Å². The summed E-state index contributed by atoms with van der Waals surface area (Å²) in [6.45, 7) is 10.1. The quantitative estimate of drug-likeness (QED) is 0.237. The van der Waals surface area contributed by atoms with Crippen LogP contribution < -0.4 is 5.32 Å². The highest BCUT2D eigenvalue weighted by Crippen LogP contribution is 2.17. The van der Waals surface area contributed by atoms with Gasteiger partial charge in [0.25, 0.3) is 0 Å². The fraction of sp³-hybridized carbons (Fsp3) is 0.900. The highest BCUT2D eigenvalue weighted by atomic mass is 14.9. The Kier molecular flexibility index (Phi) is 14.4.